The molecule has 3 aromatic rings. The molecule has 0 saturated heterocycles. The van der Waals surface area contributed by atoms with Crippen molar-refractivity contribution in [1.82, 2.24) is 14.8 Å². The van der Waals surface area contributed by atoms with E-state index in [0.29, 0.717) is 47.4 Å². The number of hydrogen-bond donors (Lipinski definition) is 1. The number of anilines is 1. The molecule has 9 heteroatoms. The number of nitrogens with zero attached hydrogens (tertiary/aromatic N) is 3. The van der Waals surface area contributed by atoms with Gasteiger partial charge in [0.1, 0.15) is 10.6 Å². The van der Waals surface area contributed by atoms with Crippen LogP contribution < -0.4 is 4.72 Å². The highest BCUT2D eigenvalue weighted by molar-refractivity contribution is 7.98. The molecule has 0 fully saturated rings. The fourth-order valence-corrected chi connectivity index (χ4v) is 5.32. The van der Waals surface area contributed by atoms with Gasteiger partial charge in [-0.3, -0.25) is 4.72 Å². The average Bonchev–Trinajstić information content (AvgIpc) is 3.23. The summed E-state index contributed by atoms with van der Waals surface area (Å²) in [5, 5.41) is 8.13. The molecular formula is C19H24N4O3S2. The quantitative estimate of drug-likeness (QED) is 0.575. The zero-order valence-corrected chi connectivity index (χ0v) is 18.2. The summed E-state index contributed by atoms with van der Waals surface area (Å²) in [5.41, 5.74) is 2.41. The van der Waals surface area contributed by atoms with E-state index in [2.05, 4.69) is 14.9 Å². The van der Waals surface area contributed by atoms with Gasteiger partial charge in [0.15, 0.2) is 0 Å². The maximum Gasteiger partial charge on any atom is 0.264 e. The molecule has 0 bridgehead atoms. The smallest absolute Gasteiger partial charge is 0.264 e. The van der Waals surface area contributed by atoms with Crippen LogP contribution in [0.3, 0.4) is 0 Å². The molecule has 0 radical (unpaired) electrons. The fraction of sp³-hybridized carbons (Fsp3) is 0.368. The predicted octanol–water partition coefficient (Wildman–Crippen LogP) is 4.26. The van der Waals surface area contributed by atoms with Crippen LogP contribution in [0.15, 0.2) is 38.5 Å². The maximum absolute atomic E-state index is 13.2. The summed E-state index contributed by atoms with van der Waals surface area (Å²) in [4.78, 5) is 1.23. The lowest BCUT2D eigenvalue weighted by Crippen LogP contribution is -2.15. The third-order valence-electron chi connectivity index (χ3n) is 4.58. The minimum Gasteiger partial charge on any atom is -0.419 e. The molecule has 7 nitrogen and oxygen atoms in total. The third kappa shape index (κ3) is 3.68. The highest BCUT2D eigenvalue weighted by Crippen LogP contribution is 2.34. The lowest BCUT2D eigenvalue weighted by Gasteiger charge is -2.10. The molecule has 2 aromatic heterocycles. The van der Waals surface area contributed by atoms with Gasteiger partial charge in [0.05, 0.1) is 0 Å². The first-order valence-corrected chi connectivity index (χ1v) is 11.7. The van der Waals surface area contributed by atoms with Gasteiger partial charge in [-0.2, -0.15) is 0 Å². The molecule has 0 aliphatic rings. The van der Waals surface area contributed by atoms with Crippen molar-refractivity contribution in [1.29, 1.82) is 0 Å². The van der Waals surface area contributed by atoms with Crippen LogP contribution in [0.25, 0.3) is 11.6 Å². The fourth-order valence-electron chi connectivity index (χ4n) is 3.32. The van der Waals surface area contributed by atoms with Crippen LogP contribution in [0.5, 0.6) is 0 Å². The Balaban J connectivity index is 2.10. The average molecular weight is 421 g/mol. The lowest BCUT2D eigenvalue weighted by molar-refractivity contribution is 0.507. The predicted molar refractivity (Wildman–Crippen MR) is 111 cm³/mol. The van der Waals surface area contributed by atoms with Crippen LogP contribution in [0.1, 0.15) is 31.0 Å². The molecule has 2 heterocycles. The van der Waals surface area contributed by atoms with E-state index in [1.54, 1.807) is 31.7 Å². The SMILES string of the molecule is CCc1nnc(-c2c(C)c(S(=O)(=O)Nc3cccc(SC)c3)c(C)n2CC)o1. The Morgan fingerprint density at radius 3 is 2.57 bits per heavy atom. The number of nitrogens with one attached hydrogen (secondary N) is 1. The minimum absolute atomic E-state index is 0.246. The van der Waals surface area contributed by atoms with Gasteiger partial charge < -0.3 is 8.98 Å². The number of thioether (sulfide) groups is 1. The van der Waals surface area contributed by atoms with Crippen LogP contribution in [-0.4, -0.2) is 29.4 Å². The van der Waals surface area contributed by atoms with E-state index < -0.39 is 10.0 Å². The van der Waals surface area contributed by atoms with E-state index in [9.17, 15) is 8.42 Å². The monoisotopic (exact) mass is 420 g/mol. The molecule has 0 aliphatic heterocycles. The van der Waals surface area contributed by atoms with E-state index in [0.717, 1.165) is 4.90 Å². The van der Waals surface area contributed by atoms with Gasteiger partial charge in [0.2, 0.25) is 5.89 Å². The van der Waals surface area contributed by atoms with Gasteiger partial charge in [0, 0.05) is 34.8 Å². The van der Waals surface area contributed by atoms with Crippen molar-refractivity contribution in [2.75, 3.05) is 11.0 Å². The maximum atomic E-state index is 13.2. The molecule has 0 amide bonds. The van der Waals surface area contributed by atoms with E-state index in [1.807, 2.05) is 42.9 Å². The zero-order valence-electron chi connectivity index (χ0n) is 16.6. The number of aryl methyl sites for hydroxylation is 1. The van der Waals surface area contributed by atoms with Crippen molar-refractivity contribution < 1.29 is 12.8 Å². The lowest BCUT2D eigenvalue weighted by atomic mass is 10.2. The second-order valence-corrected chi connectivity index (χ2v) is 8.82. The second-order valence-electron chi connectivity index (χ2n) is 6.32. The highest BCUT2D eigenvalue weighted by atomic mass is 32.2. The Bertz CT molecular complexity index is 1100. The van der Waals surface area contributed by atoms with Gasteiger partial charge in [0.25, 0.3) is 15.9 Å². The molecule has 0 aliphatic carbocycles. The van der Waals surface area contributed by atoms with Gasteiger partial charge in [-0.05, 0) is 45.2 Å². The first kappa shape index (κ1) is 20.5. The van der Waals surface area contributed by atoms with E-state index in [4.69, 9.17) is 4.42 Å². The van der Waals surface area contributed by atoms with Gasteiger partial charge in [-0.1, -0.05) is 13.0 Å². The van der Waals surface area contributed by atoms with Crippen LogP contribution >= 0.6 is 11.8 Å². The Morgan fingerprint density at radius 2 is 1.96 bits per heavy atom. The van der Waals surface area contributed by atoms with Crippen LogP contribution in [-0.2, 0) is 23.0 Å². The normalized spacial score (nSPS) is 11.8. The molecule has 3 rings (SSSR count). The number of rotatable bonds is 7. The second kappa shape index (κ2) is 8.00. The number of benzene rings is 1. The first-order chi connectivity index (χ1) is 13.3. The van der Waals surface area contributed by atoms with Crippen LogP contribution in [0, 0.1) is 13.8 Å². The number of hydrogen-bond acceptors (Lipinski definition) is 6. The standard InChI is InChI=1S/C19H24N4O3S2/c1-6-16-20-21-19(26-16)17-12(3)18(13(4)23(17)7-2)28(24,25)22-14-9-8-10-15(11-14)27-5/h8-11,22H,6-7H2,1-5H3. The summed E-state index contributed by atoms with van der Waals surface area (Å²) in [6.07, 6.45) is 2.57. The Labute approximate surface area is 169 Å². The highest BCUT2D eigenvalue weighted by Gasteiger charge is 2.29. The molecule has 0 unspecified atom stereocenters. The van der Waals surface area contributed by atoms with Crippen molar-refractivity contribution in [2.45, 2.75) is 50.5 Å². The number of sulfonamides is 1. The van der Waals surface area contributed by atoms with E-state index in [-0.39, 0.29) is 4.90 Å². The van der Waals surface area contributed by atoms with Crippen molar-refractivity contribution in [2.24, 2.45) is 0 Å². The summed E-state index contributed by atoms with van der Waals surface area (Å²) in [6.45, 7) is 8.04. The molecule has 0 atom stereocenters. The summed E-state index contributed by atoms with van der Waals surface area (Å²) in [5.74, 6) is 0.859. The Morgan fingerprint density at radius 1 is 1.21 bits per heavy atom. The van der Waals surface area contributed by atoms with Crippen LogP contribution in [0.2, 0.25) is 0 Å². The minimum atomic E-state index is -3.79. The van der Waals surface area contributed by atoms with Gasteiger partial charge in [-0.15, -0.1) is 22.0 Å². The van der Waals surface area contributed by atoms with Crippen molar-refractivity contribution in [3.05, 3.63) is 41.4 Å². The molecule has 150 valence electrons. The molecular weight excluding hydrogens is 396 g/mol. The van der Waals surface area contributed by atoms with E-state index in [1.165, 1.54) is 0 Å². The number of aromatic nitrogens is 3. The Kier molecular flexibility index (Phi) is 5.85. The van der Waals surface area contributed by atoms with Crippen molar-refractivity contribution in [3.8, 4) is 11.6 Å². The first-order valence-electron chi connectivity index (χ1n) is 9.01. The summed E-state index contributed by atoms with van der Waals surface area (Å²) in [7, 11) is -3.79. The van der Waals surface area contributed by atoms with Crippen molar-refractivity contribution in [3.63, 3.8) is 0 Å². The summed E-state index contributed by atoms with van der Waals surface area (Å²) in [6, 6.07) is 7.32. The molecule has 0 spiro atoms. The topological polar surface area (TPSA) is 90.0 Å². The Hall–Kier alpha value is -2.26. The van der Waals surface area contributed by atoms with Gasteiger partial charge in [-0.25, -0.2) is 8.42 Å². The largest absolute Gasteiger partial charge is 0.419 e. The van der Waals surface area contributed by atoms with Crippen LogP contribution in [0.4, 0.5) is 5.69 Å². The third-order valence-corrected chi connectivity index (χ3v) is 6.95. The summed E-state index contributed by atoms with van der Waals surface area (Å²) >= 11 is 1.56. The summed E-state index contributed by atoms with van der Waals surface area (Å²) < 4.78 is 36.7. The van der Waals surface area contributed by atoms with Crippen molar-refractivity contribution >= 4 is 27.5 Å². The molecule has 1 aromatic carbocycles. The molecule has 1 N–H and O–H groups in total. The van der Waals surface area contributed by atoms with E-state index >= 15 is 0 Å². The molecule has 0 saturated carbocycles. The zero-order chi connectivity index (χ0) is 20.5. The van der Waals surface area contributed by atoms with Gasteiger partial charge >= 0.3 is 0 Å². The molecule has 28 heavy (non-hydrogen) atoms.